The van der Waals surface area contributed by atoms with Gasteiger partial charge in [0, 0.05) is 63.2 Å². The summed E-state index contributed by atoms with van der Waals surface area (Å²) in [5.41, 5.74) is 5.51. The Morgan fingerprint density at radius 3 is 2.70 bits per heavy atom. The van der Waals surface area contributed by atoms with E-state index >= 15 is 0 Å². The number of benzene rings is 2. The number of fused-ring (bicyclic) bond motifs is 1. The van der Waals surface area contributed by atoms with E-state index in [0.29, 0.717) is 18.2 Å². The van der Waals surface area contributed by atoms with Gasteiger partial charge in [-0.15, -0.1) is 0 Å². The van der Waals surface area contributed by atoms with Crippen LogP contribution in [0.5, 0.6) is 0 Å². The molecule has 6 heteroatoms. The normalized spacial score (nSPS) is 17.9. The summed E-state index contributed by atoms with van der Waals surface area (Å²) >= 11 is 0. The number of ether oxygens (including phenoxy) is 1. The number of hydrogen-bond acceptors (Lipinski definition) is 5. The topological polar surface area (TPSA) is 65.0 Å². The summed E-state index contributed by atoms with van der Waals surface area (Å²) in [5, 5.41) is 13.5. The van der Waals surface area contributed by atoms with E-state index in [2.05, 4.69) is 52.4 Å². The molecule has 0 bridgehead atoms. The lowest BCUT2D eigenvalue weighted by atomic mass is 10.00. The zero-order chi connectivity index (χ0) is 23.2. The zero-order valence-corrected chi connectivity index (χ0v) is 19.9. The van der Waals surface area contributed by atoms with Crippen molar-refractivity contribution in [3.63, 3.8) is 0 Å². The number of aliphatic hydroxyl groups is 1. The number of carbonyl (C=O) groups excluding carboxylic acids is 1. The molecule has 178 valence electrons. The largest absolute Gasteiger partial charge is 0.390 e. The fourth-order valence-corrected chi connectivity index (χ4v) is 5.18. The lowest BCUT2D eigenvalue weighted by Crippen LogP contribution is -2.42. The van der Waals surface area contributed by atoms with Gasteiger partial charge in [-0.05, 0) is 61.9 Å². The van der Waals surface area contributed by atoms with Crippen LogP contribution in [0.4, 0.5) is 5.69 Å². The molecule has 0 spiro atoms. The lowest BCUT2D eigenvalue weighted by Gasteiger charge is -2.36. The standard InChI is InChI=1S/C27H37N3O3/c1-3-30(23-12-15-33-16-13-23)26-10-6-9-25(20(26)2)27(32)28-17-24(31)19-29-14-11-21-7-4-5-8-22(21)18-29/h4-10,23-24,31H,3,11-19H2,1-2H3,(H,28,32). The van der Waals surface area contributed by atoms with Gasteiger partial charge in [0.2, 0.25) is 0 Å². The van der Waals surface area contributed by atoms with E-state index in [9.17, 15) is 9.90 Å². The van der Waals surface area contributed by atoms with Crippen LogP contribution in [0.3, 0.4) is 0 Å². The first-order valence-corrected chi connectivity index (χ1v) is 12.3. The van der Waals surface area contributed by atoms with Crippen molar-refractivity contribution in [3.8, 4) is 0 Å². The minimum absolute atomic E-state index is 0.125. The van der Waals surface area contributed by atoms with Gasteiger partial charge in [-0.1, -0.05) is 30.3 Å². The Bertz CT molecular complexity index is 942. The minimum atomic E-state index is -0.600. The second kappa shape index (κ2) is 11.1. The van der Waals surface area contributed by atoms with Gasteiger partial charge in [0.15, 0.2) is 0 Å². The summed E-state index contributed by atoms with van der Waals surface area (Å²) < 4.78 is 5.53. The van der Waals surface area contributed by atoms with Crippen LogP contribution in [0, 0.1) is 6.92 Å². The van der Waals surface area contributed by atoms with Crippen molar-refractivity contribution in [1.29, 1.82) is 0 Å². The Kier molecular flexibility index (Phi) is 8.02. The van der Waals surface area contributed by atoms with Crippen molar-refractivity contribution in [2.24, 2.45) is 0 Å². The molecule has 0 aliphatic carbocycles. The highest BCUT2D eigenvalue weighted by atomic mass is 16.5. The van der Waals surface area contributed by atoms with Crippen molar-refractivity contribution >= 4 is 11.6 Å². The van der Waals surface area contributed by atoms with Crippen molar-refractivity contribution < 1.29 is 14.6 Å². The molecular formula is C27H37N3O3. The summed E-state index contributed by atoms with van der Waals surface area (Å²) in [5.74, 6) is -0.125. The van der Waals surface area contributed by atoms with E-state index in [1.54, 1.807) is 0 Å². The van der Waals surface area contributed by atoms with Gasteiger partial charge in [-0.3, -0.25) is 9.69 Å². The van der Waals surface area contributed by atoms with Crippen molar-refractivity contribution in [1.82, 2.24) is 10.2 Å². The first kappa shape index (κ1) is 23.7. The van der Waals surface area contributed by atoms with E-state index in [1.165, 1.54) is 11.1 Å². The van der Waals surface area contributed by atoms with Crippen molar-refractivity contribution in [3.05, 3.63) is 64.7 Å². The fraction of sp³-hybridized carbons (Fsp3) is 0.519. The first-order valence-electron chi connectivity index (χ1n) is 12.3. The number of anilines is 1. The Labute approximate surface area is 197 Å². The summed E-state index contributed by atoms with van der Waals surface area (Å²) in [7, 11) is 0. The monoisotopic (exact) mass is 451 g/mol. The summed E-state index contributed by atoms with van der Waals surface area (Å²) in [6, 6.07) is 14.9. The third-order valence-electron chi connectivity index (χ3n) is 7.01. The van der Waals surface area contributed by atoms with E-state index in [1.807, 2.05) is 19.1 Å². The summed E-state index contributed by atoms with van der Waals surface area (Å²) in [6.07, 6.45) is 2.42. The average Bonchev–Trinajstić information content (AvgIpc) is 2.84. The molecule has 1 amide bonds. The number of hydrogen-bond donors (Lipinski definition) is 2. The maximum atomic E-state index is 13.0. The van der Waals surface area contributed by atoms with Gasteiger partial charge in [-0.25, -0.2) is 0 Å². The van der Waals surface area contributed by atoms with Crippen LogP contribution in [-0.2, 0) is 17.7 Å². The van der Waals surface area contributed by atoms with Crippen LogP contribution in [-0.4, -0.2) is 67.5 Å². The second-order valence-corrected chi connectivity index (χ2v) is 9.20. The van der Waals surface area contributed by atoms with E-state index in [0.717, 1.165) is 63.4 Å². The predicted octanol–water partition coefficient (Wildman–Crippen LogP) is 3.15. The summed E-state index contributed by atoms with van der Waals surface area (Å²) in [4.78, 5) is 17.7. The van der Waals surface area contributed by atoms with Gasteiger partial charge in [0.25, 0.3) is 5.91 Å². The molecular weight excluding hydrogens is 414 g/mol. The molecule has 0 aromatic heterocycles. The predicted molar refractivity (Wildman–Crippen MR) is 132 cm³/mol. The van der Waals surface area contributed by atoms with Gasteiger partial charge in [0.1, 0.15) is 0 Å². The highest BCUT2D eigenvalue weighted by molar-refractivity contribution is 5.97. The van der Waals surface area contributed by atoms with Crippen LogP contribution in [0.1, 0.15) is 46.8 Å². The number of nitrogens with one attached hydrogen (secondary N) is 1. The van der Waals surface area contributed by atoms with Crippen LogP contribution in [0.15, 0.2) is 42.5 Å². The van der Waals surface area contributed by atoms with Crippen molar-refractivity contribution in [2.75, 3.05) is 44.3 Å². The van der Waals surface area contributed by atoms with Crippen LogP contribution in [0.25, 0.3) is 0 Å². The van der Waals surface area contributed by atoms with E-state index < -0.39 is 6.10 Å². The number of aliphatic hydroxyl groups excluding tert-OH is 1. The third kappa shape index (κ3) is 5.75. The minimum Gasteiger partial charge on any atom is -0.390 e. The average molecular weight is 452 g/mol. The molecule has 1 atom stereocenters. The number of β-amino-alcohol motifs (C(OH)–C–C–N with tert-alkyl or cyclic N) is 1. The highest BCUT2D eigenvalue weighted by Crippen LogP contribution is 2.28. The molecule has 2 heterocycles. The van der Waals surface area contributed by atoms with E-state index in [4.69, 9.17) is 4.74 Å². The molecule has 6 nitrogen and oxygen atoms in total. The molecule has 33 heavy (non-hydrogen) atoms. The van der Waals surface area contributed by atoms with Gasteiger partial charge in [0.05, 0.1) is 6.10 Å². The number of rotatable bonds is 8. The Hall–Kier alpha value is -2.41. The maximum absolute atomic E-state index is 13.0. The van der Waals surface area contributed by atoms with Gasteiger partial charge < -0.3 is 20.1 Å². The molecule has 2 aromatic rings. The molecule has 4 rings (SSSR count). The van der Waals surface area contributed by atoms with Crippen LogP contribution in [0.2, 0.25) is 0 Å². The SMILES string of the molecule is CCN(c1cccc(C(=O)NCC(O)CN2CCc3ccccc3C2)c1C)C1CCOCC1. The number of nitrogens with zero attached hydrogens (tertiary/aromatic N) is 2. The zero-order valence-electron chi connectivity index (χ0n) is 19.9. The Morgan fingerprint density at radius 2 is 1.94 bits per heavy atom. The number of carbonyl (C=O) groups is 1. The summed E-state index contributed by atoms with van der Waals surface area (Å²) in [6.45, 7) is 9.25. The van der Waals surface area contributed by atoms with Gasteiger partial charge in [-0.2, -0.15) is 0 Å². The van der Waals surface area contributed by atoms with E-state index in [-0.39, 0.29) is 12.5 Å². The smallest absolute Gasteiger partial charge is 0.251 e. The fourth-order valence-electron chi connectivity index (χ4n) is 5.18. The molecule has 0 saturated carbocycles. The molecule has 1 saturated heterocycles. The first-order chi connectivity index (χ1) is 16.1. The maximum Gasteiger partial charge on any atom is 0.251 e. The molecule has 2 N–H and O–H groups in total. The quantitative estimate of drug-likeness (QED) is 0.646. The molecule has 1 unspecified atom stereocenters. The molecule has 2 aliphatic rings. The molecule has 2 aliphatic heterocycles. The lowest BCUT2D eigenvalue weighted by molar-refractivity contribution is 0.0838. The molecule has 2 aromatic carbocycles. The molecule has 1 fully saturated rings. The van der Waals surface area contributed by atoms with Crippen molar-refractivity contribution in [2.45, 2.75) is 51.8 Å². The van der Waals surface area contributed by atoms with Gasteiger partial charge >= 0.3 is 0 Å². The highest BCUT2D eigenvalue weighted by Gasteiger charge is 2.24. The second-order valence-electron chi connectivity index (χ2n) is 9.20. The third-order valence-corrected chi connectivity index (χ3v) is 7.01. The van der Waals surface area contributed by atoms with Crippen LogP contribution >= 0.6 is 0 Å². The number of amides is 1. The molecule has 0 radical (unpaired) electrons. The van der Waals surface area contributed by atoms with Crippen LogP contribution < -0.4 is 10.2 Å². The Balaban J connectivity index is 1.34. The Morgan fingerprint density at radius 1 is 1.18 bits per heavy atom.